The molecule has 0 saturated carbocycles. The lowest BCUT2D eigenvalue weighted by molar-refractivity contribution is 0.0948. The van der Waals surface area contributed by atoms with Gasteiger partial charge < -0.3 is 11.1 Å². The summed E-state index contributed by atoms with van der Waals surface area (Å²) in [6.07, 6.45) is 3.34. The zero-order valence-electron chi connectivity index (χ0n) is 11.6. The molecule has 108 valence electrons. The molecule has 0 aliphatic heterocycles. The van der Waals surface area contributed by atoms with Crippen molar-refractivity contribution in [1.29, 1.82) is 0 Å². The fourth-order valence-electron chi connectivity index (χ4n) is 1.90. The first-order valence-corrected chi connectivity index (χ1v) is 7.15. The maximum absolute atomic E-state index is 11.9. The lowest BCUT2D eigenvalue weighted by atomic mass is 10.1. The van der Waals surface area contributed by atoms with Gasteiger partial charge in [-0.2, -0.15) is 0 Å². The Morgan fingerprint density at radius 3 is 2.57 bits per heavy atom. The van der Waals surface area contributed by atoms with Gasteiger partial charge in [-0.3, -0.25) is 9.78 Å². The molecule has 0 radical (unpaired) electrons. The van der Waals surface area contributed by atoms with Crippen LogP contribution in [0.4, 0.5) is 0 Å². The number of amides is 1. The standard InChI is InChI=1S/C16H17N3OS/c17-15(21)13-8-9-14(19-11-13)16(20)18-10-4-7-12-5-2-1-3-6-12/h1-3,5-6,8-9,11H,4,7,10H2,(H2,17,21)(H,18,20). The number of hydrogen-bond acceptors (Lipinski definition) is 3. The van der Waals surface area contributed by atoms with Crippen LogP contribution in [-0.2, 0) is 6.42 Å². The highest BCUT2D eigenvalue weighted by molar-refractivity contribution is 7.80. The average Bonchev–Trinajstić information content (AvgIpc) is 2.52. The van der Waals surface area contributed by atoms with Crippen LogP contribution in [0, 0.1) is 0 Å². The Balaban J connectivity index is 1.78. The molecule has 1 aromatic heterocycles. The number of carbonyl (C=O) groups is 1. The lowest BCUT2D eigenvalue weighted by Gasteiger charge is -2.05. The quantitative estimate of drug-likeness (QED) is 0.633. The Kier molecular flexibility index (Phi) is 5.40. The van der Waals surface area contributed by atoms with Gasteiger partial charge in [0.15, 0.2) is 0 Å². The summed E-state index contributed by atoms with van der Waals surface area (Å²) >= 11 is 4.84. The third-order valence-corrected chi connectivity index (χ3v) is 3.29. The van der Waals surface area contributed by atoms with Crippen molar-refractivity contribution in [2.75, 3.05) is 6.54 Å². The number of nitrogens with zero attached hydrogens (tertiary/aromatic N) is 1. The molecule has 4 nitrogen and oxygen atoms in total. The molecule has 2 aromatic rings. The monoisotopic (exact) mass is 299 g/mol. The number of aryl methyl sites for hydroxylation is 1. The van der Waals surface area contributed by atoms with Crippen LogP contribution in [0.1, 0.15) is 28.0 Å². The van der Waals surface area contributed by atoms with Crippen LogP contribution >= 0.6 is 12.2 Å². The summed E-state index contributed by atoms with van der Waals surface area (Å²) in [4.78, 5) is 16.2. The van der Waals surface area contributed by atoms with E-state index in [-0.39, 0.29) is 10.9 Å². The molecule has 0 aliphatic carbocycles. The van der Waals surface area contributed by atoms with Gasteiger partial charge in [0.25, 0.3) is 5.91 Å². The van der Waals surface area contributed by atoms with E-state index in [1.165, 1.54) is 11.8 Å². The molecule has 1 heterocycles. The number of benzene rings is 1. The highest BCUT2D eigenvalue weighted by atomic mass is 32.1. The molecule has 0 unspecified atom stereocenters. The van der Waals surface area contributed by atoms with Gasteiger partial charge >= 0.3 is 0 Å². The molecule has 5 heteroatoms. The van der Waals surface area contributed by atoms with Gasteiger partial charge in [-0.25, -0.2) is 0 Å². The summed E-state index contributed by atoms with van der Waals surface area (Å²) in [5.41, 5.74) is 7.78. The molecule has 1 aromatic carbocycles. The first kappa shape index (κ1) is 15.1. The van der Waals surface area contributed by atoms with E-state index in [9.17, 15) is 4.79 Å². The number of pyridine rings is 1. The molecule has 0 saturated heterocycles. The molecule has 21 heavy (non-hydrogen) atoms. The van der Waals surface area contributed by atoms with E-state index in [2.05, 4.69) is 22.4 Å². The number of carbonyl (C=O) groups excluding carboxylic acids is 1. The van der Waals surface area contributed by atoms with E-state index in [1.54, 1.807) is 12.1 Å². The molecular formula is C16H17N3OS. The van der Waals surface area contributed by atoms with Crippen LogP contribution in [0.2, 0.25) is 0 Å². The van der Waals surface area contributed by atoms with E-state index in [1.807, 2.05) is 18.2 Å². The highest BCUT2D eigenvalue weighted by Gasteiger charge is 2.06. The van der Waals surface area contributed by atoms with E-state index < -0.39 is 0 Å². The first-order valence-electron chi connectivity index (χ1n) is 6.75. The van der Waals surface area contributed by atoms with Crippen LogP contribution in [-0.4, -0.2) is 22.4 Å². The van der Waals surface area contributed by atoms with E-state index in [0.717, 1.165) is 12.8 Å². The number of aromatic nitrogens is 1. The molecular weight excluding hydrogens is 282 g/mol. The van der Waals surface area contributed by atoms with Gasteiger partial charge in [-0.1, -0.05) is 42.5 Å². The molecule has 0 aliphatic rings. The Hall–Kier alpha value is -2.27. The summed E-state index contributed by atoms with van der Waals surface area (Å²) in [6.45, 7) is 0.618. The zero-order chi connectivity index (χ0) is 15.1. The average molecular weight is 299 g/mol. The summed E-state index contributed by atoms with van der Waals surface area (Å²) < 4.78 is 0. The Labute approximate surface area is 129 Å². The first-order chi connectivity index (χ1) is 10.2. The number of rotatable bonds is 6. The van der Waals surface area contributed by atoms with Crippen molar-refractivity contribution in [3.63, 3.8) is 0 Å². The van der Waals surface area contributed by atoms with Crippen LogP contribution in [0.3, 0.4) is 0 Å². The Bertz CT molecular complexity index is 611. The number of thiocarbonyl (C=S) groups is 1. The predicted octanol–water partition coefficient (Wildman–Crippen LogP) is 2.08. The second-order valence-electron chi connectivity index (χ2n) is 4.64. The van der Waals surface area contributed by atoms with Gasteiger partial charge in [-0.15, -0.1) is 0 Å². The van der Waals surface area contributed by atoms with Crippen molar-refractivity contribution in [3.8, 4) is 0 Å². The summed E-state index contributed by atoms with van der Waals surface area (Å²) in [6, 6.07) is 13.5. The number of hydrogen-bond donors (Lipinski definition) is 2. The van der Waals surface area contributed by atoms with E-state index in [4.69, 9.17) is 18.0 Å². The highest BCUT2D eigenvalue weighted by Crippen LogP contribution is 2.03. The van der Waals surface area contributed by atoms with Crippen molar-refractivity contribution in [2.45, 2.75) is 12.8 Å². The third kappa shape index (κ3) is 4.65. The molecule has 3 N–H and O–H groups in total. The lowest BCUT2D eigenvalue weighted by Crippen LogP contribution is -2.25. The second-order valence-corrected chi connectivity index (χ2v) is 5.08. The third-order valence-electron chi connectivity index (χ3n) is 3.05. The van der Waals surface area contributed by atoms with Gasteiger partial charge in [-0.05, 0) is 30.5 Å². The molecule has 1 amide bonds. The van der Waals surface area contributed by atoms with Crippen LogP contribution in [0.15, 0.2) is 48.7 Å². The minimum Gasteiger partial charge on any atom is -0.389 e. The van der Waals surface area contributed by atoms with E-state index in [0.29, 0.717) is 17.8 Å². The fraction of sp³-hybridized carbons (Fsp3) is 0.188. The van der Waals surface area contributed by atoms with Gasteiger partial charge in [0.2, 0.25) is 0 Å². The number of nitrogens with one attached hydrogen (secondary N) is 1. The van der Waals surface area contributed by atoms with Crippen LogP contribution in [0.25, 0.3) is 0 Å². The minimum absolute atomic E-state index is 0.183. The fourth-order valence-corrected chi connectivity index (χ4v) is 2.02. The topological polar surface area (TPSA) is 68.0 Å². The molecule has 2 rings (SSSR count). The van der Waals surface area contributed by atoms with Crippen molar-refractivity contribution >= 4 is 23.1 Å². The van der Waals surface area contributed by atoms with Crippen LogP contribution in [0.5, 0.6) is 0 Å². The maximum atomic E-state index is 11.9. The number of nitrogens with two attached hydrogens (primary N) is 1. The van der Waals surface area contributed by atoms with Gasteiger partial charge in [0.1, 0.15) is 10.7 Å². The minimum atomic E-state index is -0.183. The van der Waals surface area contributed by atoms with Crippen molar-refractivity contribution in [1.82, 2.24) is 10.3 Å². The predicted molar refractivity (Wildman–Crippen MR) is 87.2 cm³/mol. The molecule has 0 bridgehead atoms. The zero-order valence-corrected chi connectivity index (χ0v) is 12.4. The van der Waals surface area contributed by atoms with Crippen molar-refractivity contribution < 1.29 is 4.79 Å². The Morgan fingerprint density at radius 2 is 1.95 bits per heavy atom. The SMILES string of the molecule is NC(=S)c1ccc(C(=O)NCCCc2ccccc2)nc1. The van der Waals surface area contributed by atoms with Gasteiger partial charge in [0, 0.05) is 18.3 Å². The summed E-state index contributed by atoms with van der Waals surface area (Å²) in [5.74, 6) is -0.183. The Morgan fingerprint density at radius 1 is 1.19 bits per heavy atom. The molecule has 0 atom stereocenters. The van der Waals surface area contributed by atoms with Crippen molar-refractivity contribution in [2.24, 2.45) is 5.73 Å². The summed E-state index contributed by atoms with van der Waals surface area (Å²) in [7, 11) is 0. The summed E-state index contributed by atoms with van der Waals surface area (Å²) in [5, 5.41) is 2.85. The normalized spacial score (nSPS) is 10.1. The largest absolute Gasteiger partial charge is 0.389 e. The van der Waals surface area contributed by atoms with Crippen LogP contribution < -0.4 is 11.1 Å². The van der Waals surface area contributed by atoms with Gasteiger partial charge in [0.05, 0.1) is 0 Å². The second kappa shape index (κ2) is 7.50. The smallest absolute Gasteiger partial charge is 0.269 e. The van der Waals surface area contributed by atoms with E-state index >= 15 is 0 Å². The maximum Gasteiger partial charge on any atom is 0.269 e. The van der Waals surface area contributed by atoms with Crippen molar-refractivity contribution in [3.05, 3.63) is 65.5 Å². The molecule has 0 fully saturated rings. The molecule has 0 spiro atoms.